The molecular formula is C20H19N3O3. The number of aromatic nitrogens is 2. The third-order valence-corrected chi connectivity index (χ3v) is 3.98. The molecule has 26 heavy (non-hydrogen) atoms. The fraction of sp³-hybridized carbons (Fsp3) is 0.150. The summed E-state index contributed by atoms with van der Waals surface area (Å²) in [5.74, 6) is -0.365. The van der Waals surface area contributed by atoms with E-state index in [4.69, 9.17) is 0 Å². The average molecular weight is 349 g/mol. The number of nitrogens with one attached hydrogen (secondary N) is 1. The van der Waals surface area contributed by atoms with Gasteiger partial charge in [-0.3, -0.25) is 19.0 Å². The molecule has 1 amide bonds. The van der Waals surface area contributed by atoms with Crippen molar-refractivity contribution in [3.05, 3.63) is 98.8 Å². The summed E-state index contributed by atoms with van der Waals surface area (Å²) in [5.41, 5.74) is 1.28. The molecule has 132 valence electrons. The third-order valence-electron chi connectivity index (χ3n) is 3.98. The van der Waals surface area contributed by atoms with Crippen LogP contribution in [0.1, 0.15) is 11.1 Å². The molecule has 0 aliphatic carbocycles. The zero-order valence-corrected chi connectivity index (χ0v) is 14.4. The van der Waals surface area contributed by atoms with Crippen LogP contribution in [0.3, 0.4) is 0 Å². The molecule has 3 rings (SSSR count). The lowest BCUT2D eigenvalue weighted by atomic mass is 10.2. The highest BCUT2D eigenvalue weighted by molar-refractivity contribution is 5.90. The number of anilines is 1. The molecular weight excluding hydrogens is 330 g/mol. The van der Waals surface area contributed by atoms with Crippen molar-refractivity contribution in [1.82, 2.24) is 9.13 Å². The van der Waals surface area contributed by atoms with Crippen LogP contribution in [0, 0.1) is 6.92 Å². The molecule has 6 heteroatoms. The molecule has 0 atom stereocenters. The van der Waals surface area contributed by atoms with Gasteiger partial charge in [0.15, 0.2) is 0 Å². The Bertz CT molecular complexity index is 1020. The van der Waals surface area contributed by atoms with Crippen LogP contribution in [0.5, 0.6) is 0 Å². The smallest absolute Gasteiger partial charge is 0.316 e. The monoisotopic (exact) mass is 349 g/mol. The highest BCUT2D eigenvalue weighted by Gasteiger charge is 2.09. The second kappa shape index (κ2) is 7.65. The van der Waals surface area contributed by atoms with Crippen LogP contribution < -0.4 is 16.4 Å². The first-order valence-corrected chi connectivity index (χ1v) is 8.23. The van der Waals surface area contributed by atoms with E-state index in [1.54, 1.807) is 12.1 Å². The minimum Gasteiger partial charge on any atom is -0.325 e. The van der Waals surface area contributed by atoms with Gasteiger partial charge >= 0.3 is 11.1 Å². The number of benzene rings is 2. The predicted octanol–water partition coefficient (Wildman–Crippen LogP) is 2.01. The van der Waals surface area contributed by atoms with Gasteiger partial charge in [-0.2, -0.15) is 0 Å². The number of carbonyl (C=O) groups is 1. The normalized spacial score (nSPS) is 10.5. The molecule has 0 aliphatic rings. The van der Waals surface area contributed by atoms with Gasteiger partial charge in [-0.25, -0.2) is 0 Å². The molecule has 1 heterocycles. The second-order valence-electron chi connectivity index (χ2n) is 6.06. The molecule has 1 N–H and O–H groups in total. The number of rotatable bonds is 5. The topological polar surface area (TPSA) is 73.1 Å². The number of carbonyl (C=O) groups excluding carboxylic acids is 1. The summed E-state index contributed by atoms with van der Waals surface area (Å²) in [6.45, 7) is 2.05. The van der Waals surface area contributed by atoms with Gasteiger partial charge in [-0.1, -0.05) is 48.0 Å². The zero-order valence-electron chi connectivity index (χ0n) is 14.4. The van der Waals surface area contributed by atoms with Crippen LogP contribution in [0.15, 0.2) is 76.6 Å². The van der Waals surface area contributed by atoms with Gasteiger partial charge in [-0.05, 0) is 24.6 Å². The number of hydrogen-bond acceptors (Lipinski definition) is 3. The Morgan fingerprint density at radius 1 is 0.885 bits per heavy atom. The van der Waals surface area contributed by atoms with Crippen molar-refractivity contribution in [3.63, 3.8) is 0 Å². The lowest BCUT2D eigenvalue weighted by molar-refractivity contribution is -0.116. The van der Waals surface area contributed by atoms with E-state index < -0.39 is 11.1 Å². The SMILES string of the molecule is Cc1ccc(NC(=O)Cn2ccn(Cc3ccccc3)c(=O)c2=O)cc1. The first-order chi connectivity index (χ1) is 12.5. The summed E-state index contributed by atoms with van der Waals surface area (Å²) < 4.78 is 2.46. The number of hydrogen-bond donors (Lipinski definition) is 1. The van der Waals surface area contributed by atoms with E-state index in [0.717, 1.165) is 15.7 Å². The fourth-order valence-corrected chi connectivity index (χ4v) is 2.56. The molecule has 3 aromatic rings. The molecule has 0 fully saturated rings. The summed E-state index contributed by atoms with van der Waals surface area (Å²) in [4.78, 5) is 36.7. The molecule has 0 bridgehead atoms. The van der Waals surface area contributed by atoms with Gasteiger partial charge in [0.2, 0.25) is 5.91 Å². The van der Waals surface area contributed by atoms with E-state index in [-0.39, 0.29) is 12.5 Å². The highest BCUT2D eigenvalue weighted by atomic mass is 16.2. The van der Waals surface area contributed by atoms with Crippen molar-refractivity contribution in [2.75, 3.05) is 5.32 Å². The van der Waals surface area contributed by atoms with Gasteiger partial charge in [-0.15, -0.1) is 0 Å². The zero-order chi connectivity index (χ0) is 18.5. The quantitative estimate of drug-likeness (QED) is 0.716. The second-order valence-corrected chi connectivity index (χ2v) is 6.06. The van der Waals surface area contributed by atoms with Crippen LogP contribution in [0.4, 0.5) is 5.69 Å². The summed E-state index contributed by atoms with van der Waals surface area (Å²) in [5, 5.41) is 2.71. The molecule has 0 saturated heterocycles. The Kier molecular flexibility index (Phi) is 5.12. The van der Waals surface area contributed by atoms with Gasteiger partial charge in [0.05, 0.1) is 6.54 Å². The van der Waals surface area contributed by atoms with Gasteiger partial charge in [0.25, 0.3) is 0 Å². The largest absolute Gasteiger partial charge is 0.325 e. The van der Waals surface area contributed by atoms with Gasteiger partial charge < -0.3 is 9.88 Å². The van der Waals surface area contributed by atoms with E-state index in [2.05, 4.69) is 5.32 Å². The van der Waals surface area contributed by atoms with Crippen LogP contribution in [-0.4, -0.2) is 15.0 Å². The average Bonchev–Trinajstić information content (AvgIpc) is 2.64. The molecule has 6 nitrogen and oxygen atoms in total. The molecule has 0 radical (unpaired) electrons. The highest BCUT2D eigenvalue weighted by Crippen LogP contribution is 2.08. The molecule has 0 unspecified atom stereocenters. The lowest BCUT2D eigenvalue weighted by Gasteiger charge is -2.10. The van der Waals surface area contributed by atoms with Crippen molar-refractivity contribution in [3.8, 4) is 0 Å². The molecule has 1 aromatic heterocycles. The maximum absolute atomic E-state index is 12.3. The Morgan fingerprint density at radius 3 is 2.19 bits per heavy atom. The number of nitrogens with zero attached hydrogens (tertiary/aromatic N) is 2. The third kappa shape index (κ3) is 4.16. The van der Waals surface area contributed by atoms with Crippen LogP contribution in [0.25, 0.3) is 0 Å². The van der Waals surface area contributed by atoms with Crippen molar-refractivity contribution >= 4 is 11.6 Å². The Labute approximate surface area is 150 Å². The standard InChI is InChI=1S/C20H19N3O3/c1-15-7-9-17(10-8-15)21-18(24)14-23-12-11-22(19(25)20(23)26)13-16-5-3-2-4-6-16/h2-12H,13-14H2,1H3,(H,21,24). The van der Waals surface area contributed by atoms with E-state index in [1.165, 1.54) is 17.0 Å². The number of amides is 1. The van der Waals surface area contributed by atoms with Crippen molar-refractivity contribution in [2.24, 2.45) is 0 Å². The molecule has 0 aliphatic heterocycles. The van der Waals surface area contributed by atoms with E-state index >= 15 is 0 Å². The van der Waals surface area contributed by atoms with Crippen LogP contribution in [-0.2, 0) is 17.9 Å². The first-order valence-electron chi connectivity index (χ1n) is 8.23. The predicted molar refractivity (Wildman–Crippen MR) is 100 cm³/mol. The van der Waals surface area contributed by atoms with Crippen molar-refractivity contribution < 1.29 is 4.79 Å². The van der Waals surface area contributed by atoms with Crippen molar-refractivity contribution in [1.29, 1.82) is 0 Å². The van der Waals surface area contributed by atoms with Gasteiger partial charge in [0, 0.05) is 18.1 Å². The Balaban J connectivity index is 1.73. The summed E-state index contributed by atoms with van der Waals surface area (Å²) in [7, 11) is 0. The first kappa shape index (κ1) is 17.4. The van der Waals surface area contributed by atoms with E-state index in [0.29, 0.717) is 12.2 Å². The van der Waals surface area contributed by atoms with E-state index in [9.17, 15) is 14.4 Å². The fourth-order valence-electron chi connectivity index (χ4n) is 2.56. The van der Waals surface area contributed by atoms with Crippen LogP contribution >= 0.6 is 0 Å². The summed E-state index contributed by atoms with van der Waals surface area (Å²) in [6, 6.07) is 16.7. The minimum absolute atomic E-state index is 0.214. The van der Waals surface area contributed by atoms with Crippen LogP contribution in [0.2, 0.25) is 0 Å². The Hall–Kier alpha value is -3.41. The van der Waals surface area contributed by atoms with Crippen molar-refractivity contribution in [2.45, 2.75) is 20.0 Å². The summed E-state index contributed by atoms with van der Waals surface area (Å²) >= 11 is 0. The molecule has 0 spiro atoms. The molecule has 2 aromatic carbocycles. The summed E-state index contributed by atoms with van der Waals surface area (Å²) in [6.07, 6.45) is 2.98. The van der Waals surface area contributed by atoms with E-state index in [1.807, 2.05) is 49.4 Å². The minimum atomic E-state index is -0.720. The maximum Gasteiger partial charge on any atom is 0.316 e. The lowest BCUT2D eigenvalue weighted by Crippen LogP contribution is -2.42. The van der Waals surface area contributed by atoms with Gasteiger partial charge in [0.1, 0.15) is 6.54 Å². The number of aryl methyl sites for hydroxylation is 1. The molecule has 0 saturated carbocycles. The maximum atomic E-state index is 12.3. The Morgan fingerprint density at radius 2 is 1.50 bits per heavy atom.